The van der Waals surface area contributed by atoms with E-state index in [2.05, 4.69) is 10.5 Å². The second-order valence-corrected chi connectivity index (χ2v) is 5.63. The SMILES string of the molecule is Cc1noc(C)c1CN(C)CC(=O)NCCOc1cccc(F)c1. The smallest absolute Gasteiger partial charge is 0.234 e. The maximum Gasteiger partial charge on any atom is 0.234 e. The van der Waals surface area contributed by atoms with Gasteiger partial charge in [-0.25, -0.2) is 4.39 Å². The number of benzene rings is 1. The van der Waals surface area contributed by atoms with Crippen molar-refractivity contribution < 1.29 is 18.4 Å². The first-order valence-electron chi connectivity index (χ1n) is 7.71. The molecule has 1 heterocycles. The Kier molecular flexibility index (Phi) is 6.31. The monoisotopic (exact) mass is 335 g/mol. The maximum atomic E-state index is 13.0. The van der Waals surface area contributed by atoms with Crippen molar-refractivity contribution in [1.82, 2.24) is 15.4 Å². The normalized spacial score (nSPS) is 10.9. The Morgan fingerprint density at radius 1 is 1.42 bits per heavy atom. The molecule has 0 saturated carbocycles. The van der Waals surface area contributed by atoms with E-state index >= 15 is 0 Å². The molecule has 24 heavy (non-hydrogen) atoms. The van der Waals surface area contributed by atoms with Crippen LogP contribution in [0.15, 0.2) is 28.8 Å². The molecular formula is C17H22FN3O3. The van der Waals surface area contributed by atoms with Crippen LogP contribution in [0.25, 0.3) is 0 Å². The largest absolute Gasteiger partial charge is 0.492 e. The Labute approximate surface area is 140 Å². The zero-order chi connectivity index (χ0) is 17.5. The molecule has 2 rings (SSSR count). The van der Waals surface area contributed by atoms with Crippen LogP contribution in [0.1, 0.15) is 17.0 Å². The number of carbonyl (C=O) groups is 1. The highest BCUT2D eigenvalue weighted by Crippen LogP contribution is 2.14. The van der Waals surface area contributed by atoms with E-state index < -0.39 is 0 Å². The standard InChI is InChI=1S/C17H22FN3O3/c1-12-16(13(2)24-20-12)10-21(3)11-17(22)19-7-8-23-15-6-4-5-14(18)9-15/h4-6,9H,7-8,10-11H2,1-3H3,(H,19,22). The molecule has 0 fully saturated rings. The summed E-state index contributed by atoms with van der Waals surface area (Å²) >= 11 is 0. The number of halogens is 1. The topological polar surface area (TPSA) is 67.6 Å². The highest BCUT2D eigenvalue weighted by atomic mass is 19.1. The molecule has 1 N–H and O–H groups in total. The van der Waals surface area contributed by atoms with Crippen molar-refractivity contribution in [3.63, 3.8) is 0 Å². The van der Waals surface area contributed by atoms with Crippen LogP contribution in [0.2, 0.25) is 0 Å². The molecule has 0 aliphatic carbocycles. The van der Waals surface area contributed by atoms with Crippen LogP contribution < -0.4 is 10.1 Å². The number of aryl methyl sites for hydroxylation is 2. The van der Waals surface area contributed by atoms with Crippen molar-refractivity contribution in [3.05, 3.63) is 47.1 Å². The molecule has 6 nitrogen and oxygen atoms in total. The Morgan fingerprint density at radius 2 is 2.21 bits per heavy atom. The number of likely N-dealkylation sites (N-methyl/N-ethyl adjacent to an activating group) is 1. The second kappa shape index (κ2) is 8.44. The van der Waals surface area contributed by atoms with Gasteiger partial charge in [0.2, 0.25) is 5.91 Å². The van der Waals surface area contributed by atoms with Crippen molar-refractivity contribution in [3.8, 4) is 5.75 Å². The summed E-state index contributed by atoms with van der Waals surface area (Å²) in [5.74, 6) is 0.757. The fourth-order valence-electron chi connectivity index (χ4n) is 2.27. The minimum Gasteiger partial charge on any atom is -0.492 e. The number of ether oxygens (including phenoxy) is 1. The molecule has 1 aromatic heterocycles. The summed E-state index contributed by atoms with van der Waals surface area (Å²) in [5.41, 5.74) is 1.84. The van der Waals surface area contributed by atoms with Crippen LogP contribution in [0.4, 0.5) is 4.39 Å². The first kappa shape index (κ1) is 17.9. The fraction of sp³-hybridized carbons (Fsp3) is 0.412. The van der Waals surface area contributed by atoms with Crippen molar-refractivity contribution >= 4 is 5.91 Å². The van der Waals surface area contributed by atoms with E-state index in [0.29, 0.717) is 18.8 Å². The highest BCUT2D eigenvalue weighted by Gasteiger charge is 2.13. The number of rotatable bonds is 8. The quantitative estimate of drug-likeness (QED) is 0.748. The van der Waals surface area contributed by atoms with Crippen molar-refractivity contribution in [2.24, 2.45) is 0 Å². The summed E-state index contributed by atoms with van der Waals surface area (Å²) in [4.78, 5) is 13.8. The molecule has 0 atom stereocenters. The van der Waals surface area contributed by atoms with Crippen LogP contribution >= 0.6 is 0 Å². The van der Waals surface area contributed by atoms with Crippen LogP contribution in [0, 0.1) is 19.7 Å². The molecule has 0 radical (unpaired) electrons. The Hall–Kier alpha value is -2.41. The average Bonchev–Trinajstić information content (AvgIpc) is 2.83. The fourth-order valence-corrected chi connectivity index (χ4v) is 2.27. The Morgan fingerprint density at radius 3 is 2.88 bits per heavy atom. The summed E-state index contributed by atoms with van der Waals surface area (Å²) in [7, 11) is 1.86. The second-order valence-electron chi connectivity index (χ2n) is 5.63. The number of hydrogen-bond donors (Lipinski definition) is 1. The van der Waals surface area contributed by atoms with Gasteiger partial charge < -0.3 is 14.6 Å². The van der Waals surface area contributed by atoms with E-state index in [4.69, 9.17) is 9.26 Å². The van der Waals surface area contributed by atoms with Crippen LogP contribution in [-0.2, 0) is 11.3 Å². The lowest BCUT2D eigenvalue weighted by Gasteiger charge is -2.16. The van der Waals surface area contributed by atoms with E-state index in [9.17, 15) is 9.18 Å². The first-order valence-corrected chi connectivity index (χ1v) is 7.71. The molecule has 0 bridgehead atoms. The summed E-state index contributed by atoms with van der Waals surface area (Å²) in [5, 5.41) is 6.67. The van der Waals surface area contributed by atoms with Gasteiger partial charge in [0.25, 0.3) is 0 Å². The summed E-state index contributed by atoms with van der Waals surface area (Å²) in [6, 6.07) is 5.90. The van der Waals surface area contributed by atoms with Gasteiger partial charge in [0.05, 0.1) is 18.8 Å². The predicted molar refractivity (Wildman–Crippen MR) is 87.2 cm³/mol. The van der Waals surface area contributed by atoms with E-state index in [1.54, 1.807) is 12.1 Å². The van der Waals surface area contributed by atoms with Gasteiger partial charge in [-0.2, -0.15) is 0 Å². The number of carbonyl (C=O) groups excluding carboxylic acids is 1. The number of hydrogen-bond acceptors (Lipinski definition) is 5. The molecule has 7 heteroatoms. The van der Waals surface area contributed by atoms with Gasteiger partial charge in [-0.15, -0.1) is 0 Å². The van der Waals surface area contributed by atoms with Crippen LogP contribution in [-0.4, -0.2) is 42.7 Å². The lowest BCUT2D eigenvalue weighted by Crippen LogP contribution is -2.36. The van der Waals surface area contributed by atoms with Gasteiger partial charge in [0.15, 0.2) is 0 Å². The maximum absolute atomic E-state index is 13.0. The van der Waals surface area contributed by atoms with E-state index in [-0.39, 0.29) is 24.9 Å². The van der Waals surface area contributed by atoms with Crippen LogP contribution in [0.3, 0.4) is 0 Å². The number of amides is 1. The average molecular weight is 335 g/mol. The Balaban J connectivity index is 1.67. The van der Waals surface area contributed by atoms with Gasteiger partial charge in [0.1, 0.15) is 23.9 Å². The number of nitrogens with one attached hydrogen (secondary N) is 1. The minimum absolute atomic E-state index is 0.105. The lowest BCUT2D eigenvalue weighted by atomic mass is 10.2. The molecule has 0 unspecified atom stereocenters. The van der Waals surface area contributed by atoms with Crippen molar-refractivity contribution in [2.45, 2.75) is 20.4 Å². The minimum atomic E-state index is -0.350. The predicted octanol–water partition coefficient (Wildman–Crippen LogP) is 2.06. The zero-order valence-electron chi connectivity index (χ0n) is 14.1. The molecule has 0 spiro atoms. The molecule has 1 amide bonds. The first-order chi connectivity index (χ1) is 11.5. The van der Waals surface area contributed by atoms with E-state index in [0.717, 1.165) is 17.0 Å². The summed E-state index contributed by atoms with van der Waals surface area (Å²) < 4.78 is 23.5. The zero-order valence-corrected chi connectivity index (χ0v) is 14.1. The third-order valence-corrected chi connectivity index (χ3v) is 3.51. The Bertz CT molecular complexity index is 668. The van der Waals surface area contributed by atoms with E-state index in [1.807, 2.05) is 25.8 Å². The van der Waals surface area contributed by atoms with Gasteiger partial charge in [-0.1, -0.05) is 11.2 Å². The molecule has 1 aromatic carbocycles. The van der Waals surface area contributed by atoms with Gasteiger partial charge in [0, 0.05) is 18.2 Å². The molecule has 0 aliphatic heterocycles. The molecule has 130 valence electrons. The highest BCUT2D eigenvalue weighted by molar-refractivity contribution is 5.77. The number of nitrogens with zero attached hydrogens (tertiary/aromatic N) is 2. The summed E-state index contributed by atoms with van der Waals surface area (Å²) in [6.07, 6.45) is 0. The number of aromatic nitrogens is 1. The van der Waals surface area contributed by atoms with Gasteiger partial charge in [-0.05, 0) is 33.0 Å². The van der Waals surface area contributed by atoms with Crippen molar-refractivity contribution in [2.75, 3.05) is 26.7 Å². The molecule has 0 saturated heterocycles. The molecular weight excluding hydrogens is 313 g/mol. The van der Waals surface area contributed by atoms with E-state index in [1.165, 1.54) is 12.1 Å². The molecule has 2 aromatic rings. The third kappa shape index (κ3) is 5.34. The van der Waals surface area contributed by atoms with Crippen LogP contribution in [0.5, 0.6) is 5.75 Å². The molecule has 0 aliphatic rings. The summed E-state index contributed by atoms with van der Waals surface area (Å²) in [6.45, 7) is 5.21. The third-order valence-electron chi connectivity index (χ3n) is 3.51. The van der Waals surface area contributed by atoms with Crippen molar-refractivity contribution in [1.29, 1.82) is 0 Å². The van der Waals surface area contributed by atoms with Gasteiger partial charge >= 0.3 is 0 Å². The lowest BCUT2D eigenvalue weighted by molar-refractivity contribution is -0.122. The van der Waals surface area contributed by atoms with Gasteiger partial charge in [-0.3, -0.25) is 9.69 Å².